The van der Waals surface area contributed by atoms with Crippen molar-refractivity contribution in [3.05, 3.63) is 59.7 Å². The summed E-state index contributed by atoms with van der Waals surface area (Å²) in [6.45, 7) is 0. The Balaban J connectivity index is 1.73. The van der Waals surface area contributed by atoms with Crippen LogP contribution >= 0.6 is 0 Å². The van der Waals surface area contributed by atoms with Gasteiger partial charge in [0.15, 0.2) is 5.78 Å². The molecule has 0 fully saturated rings. The van der Waals surface area contributed by atoms with Gasteiger partial charge in [-0.2, -0.15) is 22.0 Å². The van der Waals surface area contributed by atoms with Gasteiger partial charge in [-0.3, -0.25) is 4.79 Å². The number of esters is 1. The molecule has 9 heteroatoms. The van der Waals surface area contributed by atoms with Gasteiger partial charge < -0.3 is 9.47 Å². The highest BCUT2D eigenvalue weighted by molar-refractivity contribution is 5.99. The highest BCUT2D eigenvalue weighted by atomic mass is 19.4. The van der Waals surface area contributed by atoms with Gasteiger partial charge in [-0.05, 0) is 29.8 Å². The van der Waals surface area contributed by atoms with Crippen LogP contribution in [0.25, 0.3) is 0 Å². The minimum Gasteiger partial charge on any atom is -0.484 e. The molecule has 0 amide bonds. The zero-order chi connectivity index (χ0) is 19.8. The number of ether oxygens (including phenoxy) is 2. The lowest BCUT2D eigenvalue weighted by Crippen LogP contribution is -2.46. The molecule has 0 bridgehead atoms. The summed E-state index contributed by atoms with van der Waals surface area (Å²) in [5, 5.41) is 0. The van der Waals surface area contributed by atoms with Gasteiger partial charge >= 0.3 is 18.1 Å². The minimum absolute atomic E-state index is 0.0301. The third-order valence-electron chi connectivity index (χ3n) is 3.90. The molecule has 0 spiro atoms. The van der Waals surface area contributed by atoms with Gasteiger partial charge in [0.1, 0.15) is 17.6 Å². The first-order valence-electron chi connectivity index (χ1n) is 7.65. The standard InChI is InChI=1S/C18H11F5O4/c19-17(20,18(21,22)23)16(25)26-11-7-5-10(6-8-11)15-9-13(24)12-3-1-2-4-14(12)27-15/h1-8,15H,9H2. The van der Waals surface area contributed by atoms with E-state index in [9.17, 15) is 31.5 Å². The average molecular weight is 386 g/mol. The van der Waals surface area contributed by atoms with Gasteiger partial charge in [0.05, 0.1) is 12.0 Å². The first-order valence-corrected chi connectivity index (χ1v) is 7.65. The number of Topliss-reactive ketones (excluding diaryl/α,β-unsaturated/α-hetero) is 1. The van der Waals surface area contributed by atoms with E-state index < -0.39 is 29.9 Å². The van der Waals surface area contributed by atoms with Crippen LogP contribution in [0.1, 0.15) is 28.4 Å². The van der Waals surface area contributed by atoms with Gasteiger partial charge in [0, 0.05) is 0 Å². The number of para-hydroxylation sites is 1. The van der Waals surface area contributed by atoms with Crippen molar-refractivity contribution in [2.24, 2.45) is 0 Å². The van der Waals surface area contributed by atoms with E-state index in [0.717, 1.165) is 12.1 Å². The van der Waals surface area contributed by atoms with Gasteiger partial charge in [-0.15, -0.1) is 0 Å². The third kappa shape index (κ3) is 3.62. The number of benzene rings is 2. The van der Waals surface area contributed by atoms with Crippen LogP contribution in [0, 0.1) is 0 Å². The first-order chi connectivity index (χ1) is 12.6. The topological polar surface area (TPSA) is 52.6 Å². The third-order valence-corrected chi connectivity index (χ3v) is 3.90. The SMILES string of the molecule is O=C1CC(c2ccc(OC(=O)C(F)(F)C(F)(F)F)cc2)Oc2ccccc21. The molecule has 2 aromatic carbocycles. The summed E-state index contributed by atoms with van der Waals surface area (Å²) in [5.74, 6) is -8.59. The zero-order valence-electron chi connectivity index (χ0n) is 13.4. The predicted molar refractivity (Wildman–Crippen MR) is 81.8 cm³/mol. The average Bonchev–Trinajstić information content (AvgIpc) is 2.61. The smallest absolute Gasteiger partial charge is 0.465 e. The lowest BCUT2D eigenvalue weighted by molar-refractivity contribution is -0.276. The fraction of sp³-hybridized carbons (Fsp3) is 0.222. The van der Waals surface area contributed by atoms with Crippen LogP contribution in [-0.4, -0.2) is 23.9 Å². The maximum absolute atomic E-state index is 12.9. The van der Waals surface area contributed by atoms with Crippen LogP contribution < -0.4 is 9.47 Å². The molecule has 0 aliphatic carbocycles. The maximum atomic E-state index is 12.9. The number of carbonyl (C=O) groups is 2. The Morgan fingerprint density at radius 2 is 1.63 bits per heavy atom. The normalized spacial score (nSPS) is 17.1. The molecular weight excluding hydrogens is 375 g/mol. The van der Waals surface area contributed by atoms with Crippen LogP contribution in [0.15, 0.2) is 48.5 Å². The Hall–Kier alpha value is -2.97. The monoisotopic (exact) mass is 386 g/mol. The van der Waals surface area contributed by atoms with E-state index in [2.05, 4.69) is 4.74 Å². The van der Waals surface area contributed by atoms with Gasteiger partial charge in [-0.1, -0.05) is 24.3 Å². The molecular formula is C18H11F5O4. The lowest BCUT2D eigenvalue weighted by atomic mass is 9.96. The van der Waals surface area contributed by atoms with Gasteiger partial charge in [-0.25, -0.2) is 4.79 Å². The van der Waals surface area contributed by atoms with Crippen LogP contribution in [0.2, 0.25) is 0 Å². The van der Waals surface area contributed by atoms with E-state index >= 15 is 0 Å². The number of ketones is 1. The van der Waals surface area contributed by atoms with Crippen LogP contribution in [-0.2, 0) is 4.79 Å². The van der Waals surface area contributed by atoms with E-state index in [1.165, 1.54) is 12.1 Å². The van der Waals surface area contributed by atoms with Gasteiger partial charge in [0.25, 0.3) is 0 Å². The molecule has 3 rings (SSSR count). The molecule has 0 radical (unpaired) electrons. The number of alkyl halides is 5. The summed E-state index contributed by atoms with van der Waals surface area (Å²) in [4.78, 5) is 23.2. The Bertz CT molecular complexity index is 874. The van der Waals surface area contributed by atoms with Crippen molar-refractivity contribution >= 4 is 11.8 Å². The number of halogens is 5. The fourth-order valence-corrected chi connectivity index (χ4v) is 2.50. The van der Waals surface area contributed by atoms with Crippen molar-refractivity contribution in [1.29, 1.82) is 0 Å². The van der Waals surface area contributed by atoms with Gasteiger partial charge in [0.2, 0.25) is 0 Å². The molecule has 1 heterocycles. The Morgan fingerprint density at radius 1 is 1.00 bits per heavy atom. The molecule has 142 valence electrons. The van der Waals surface area contributed by atoms with Crippen molar-refractivity contribution in [1.82, 2.24) is 0 Å². The summed E-state index contributed by atoms with van der Waals surface area (Å²) in [6.07, 6.45) is -6.68. The van der Waals surface area contributed by atoms with Crippen LogP contribution in [0.3, 0.4) is 0 Å². The van der Waals surface area contributed by atoms with E-state index in [1.807, 2.05) is 0 Å². The van der Waals surface area contributed by atoms with E-state index in [0.29, 0.717) is 16.9 Å². The van der Waals surface area contributed by atoms with Crippen molar-refractivity contribution < 1.29 is 41.0 Å². The number of fused-ring (bicyclic) bond motifs is 1. The Kier molecular flexibility index (Phi) is 4.63. The quantitative estimate of drug-likeness (QED) is 0.443. The molecule has 2 aromatic rings. The molecule has 0 saturated carbocycles. The zero-order valence-corrected chi connectivity index (χ0v) is 13.4. The van der Waals surface area contributed by atoms with Crippen molar-refractivity contribution in [3.63, 3.8) is 0 Å². The number of hydrogen-bond donors (Lipinski definition) is 0. The predicted octanol–water partition coefficient (Wildman–Crippen LogP) is 4.50. The number of carbonyl (C=O) groups excluding carboxylic acids is 2. The van der Waals surface area contributed by atoms with Crippen molar-refractivity contribution in [2.45, 2.75) is 24.6 Å². The molecule has 0 saturated heterocycles. The summed E-state index contributed by atoms with van der Waals surface area (Å²) >= 11 is 0. The number of rotatable bonds is 3. The van der Waals surface area contributed by atoms with Crippen molar-refractivity contribution in [2.75, 3.05) is 0 Å². The largest absolute Gasteiger partial charge is 0.484 e. The first kappa shape index (κ1) is 18.8. The van der Waals surface area contributed by atoms with Crippen LogP contribution in [0.5, 0.6) is 11.5 Å². The second kappa shape index (κ2) is 6.64. The summed E-state index contributed by atoms with van der Waals surface area (Å²) in [6, 6.07) is 11.4. The van der Waals surface area contributed by atoms with E-state index in [-0.39, 0.29) is 12.2 Å². The second-order valence-corrected chi connectivity index (χ2v) is 5.76. The minimum atomic E-state index is -6.05. The summed E-state index contributed by atoms with van der Waals surface area (Å²) in [5.41, 5.74) is 0.911. The molecule has 0 N–H and O–H groups in total. The summed E-state index contributed by atoms with van der Waals surface area (Å²) in [7, 11) is 0. The lowest BCUT2D eigenvalue weighted by Gasteiger charge is -2.25. The van der Waals surface area contributed by atoms with E-state index in [4.69, 9.17) is 4.74 Å². The summed E-state index contributed by atoms with van der Waals surface area (Å²) < 4.78 is 72.1. The number of hydrogen-bond acceptors (Lipinski definition) is 4. The molecule has 1 aliphatic heterocycles. The van der Waals surface area contributed by atoms with Crippen LogP contribution in [0.4, 0.5) is 22.0 Å². The molecule has 1 unspecified atom stereocenters. The highest BCUT2D eigenvalue weighted by Crippen LogP contribution is 2.37. The fourth-order valence-electron chi connectivity index (χ4n) is 2.50. The second-order valence-electron chi connectivity index (χ2n) is 5.76. The molecule has 1 aliphatic rings. The molecule has 0 aromatic heterocycles. The maximum Gasteiger partial charge on any atom is 0.465 e. The molecule has 1 atom stereocenters. The Labute approximate surface area is 149 Å². The van der Waals surface area contributed by atoms with Crippen molar-refractivity contribution in [3.8, 4) is 11.5 Å². The highest BCUT2D eigenvalue weighted by Gasteiger charge is 2.65. The molecule has 27 heavy (non-hydrogen) atoms. The molecule has 4 nitrogen and oxygen atoms in total. The Morgan fingerprint density at radius 3 is 2.26 bits per heavy atom. The van der Waals surface area contributed by atoms with E-state index in [1.54, 1.807) is 24.3 Å².